The van der Waals surface area contributed by atoms with Crippen molar-refractivity contribution in [1.29, 1.82) is 0 Å². The smallest absolute Gasteiger partial charge is 0.243 e. The van der Waals surface area contributed by atoms with Crippen molar-refractivity contribution in [3.63, 3.8) is 0 Å². The molecule has 0 radical (unpaired) electrons. The number of morpholine rings is 1. The Labute approximate surface area is 214 Å². The summed E-state index contributed by atoms with van der Waals surface area (Å²) < 4.78 is 49.4. The highest BCUT2D eigenvalue weighted by atomic mass is 32.2. The number of ether oxygens (including phenoxy) is 1. The molecular formula is C26H29FN4O3S2. The molecule has 1 fully saturated rings. The summed E-state index contributed by atoms with van der Waals surface area (Å²) in [5.41, 5.74) is 4.14. The summed E-state index contributed by atoms with van der Waals surface area (Å²) >= 11 is 1.55. The molecule has 0 unspecified atom stereocenters. The number of aryl methyl sites for hydroxylation is 1. The Morgan fingerprint density at radius 3 is 2.50 bits per heavy atom. The van der Waals surface area contributed by atoms with E-state index in [1.807, 2.05) is 16.0 Å². The van der Waals surface area contributed by atoms with Crippen LogP contribution in [0.15, 0.2) is 65.0 Å². The Hall–Kier alpha value is -2.63. The zero-order chi connectivity index (χ0) is 25.1. The van der Waals surface area contributed by atoms with Gasteiger partial charge in [0.1, 0.15) is 5.82 Å². The third-order valence-electron chi connectivity index (χ3n) is 6.47. The topological polar surface area (TPSA) is 67.2 Å². The molecule has 4 aromatic rings. The molecule has 0 N–H and O–H groups in total. The van der Waals surface area contributed by atoms with Gasteiger partial charge >= 0.3 is 0 Å². The van der Waals surface area contributed by atoms with Crippen LogP contribution < -0.4 is 0 Å². The van der Waals surface area contributed by atoms with Crippen LogP contribution in [-0.4, -0.2) is 72.9 Å². The summed E-state index contributed by atoms with van der Waals surface area (Å²) in [6, 6.07) is 13.3. The number of nitrogens with zero attached hydrogens (tertiary/aromatic N) is 4. The third kappa shape index (κ3) is 5.52. The van der Waals surface area contributed by atoms with Crippen LogP contribution in [0, 0.1) is 12.7 Å². The van der Waals surface area contributed by atoms with Crippen LogP contribution in [0.25, 0.3) is 16.2 Å². The van der Waals surface area contributed by atoms with Crippen molar-refractivity contribution in [2.24, 2.45) is 0 Å². The van der Waals surface area contributed by atoms with Crippen LogP contribution in [0.5, 0.6) is 0 Å². The van der Waals surface area contributed by atoms with Crippen molar-refractivity contribution in [1.82, 2.24) is 18.6 Å². The van der Waals surface area contributed by atoms with Crippen molar-refractivity contribution in [3.8, 4) is 11.3 Å². The van der Waals surface area contributed by atoms with Crippen LogP contribution in [0.2, 0.25) is 0 Å². The molecule has 0 spiro atoms. The lowest BCUT2D eigenvalue weighted by molar-refractivity contribution is 0.0363. The Bertz CT molecular complexity index is 1410. The van der Waals surface area contributed by atoms with Crippen molar-refractivity contribution in [3.05, 3.63) is 77.2 Å². The number of imidazole rings is 1. The first kappa shape index (κ1) is 25.0. The molecule has 0 saturated carbocycles. The maximum absolute atomic E-state index is 13.5. The zero-order valence-corrected chi connectivity index (χ0v) is 21.8. The van der Waals surface area contributed by atoms with Gasteiger partial charge in [-0.15, -0.1) is 11.3 Å². The number of aromatic nitrogens is 2. The fraction of sp³-hybridized carbons (Fsp3) is 0.346. The zero-order valence-electron chi connectivity index (χ0n) is 20.1. The minimum absolute atomic E-state index is 0.102. The summed E-state index contributed by atoms with van der Waals surface area (Å²) in [6.45, 7) is 6.21. The lowest BCUT2D eigenvalue weighted by Crippen LogP contribution is -2.43. The highest BCUT2D eigenvalue weighted by Crippen LogP contribution is 2.25. The third-order valence-corrected chi connectivity index (χ3v) is 9.27. The molecule has 7 nitrogen and oxygen atoms in total. The first-order valence-electron chi connectivity index (χ1n) is 12.0. The molecule has 0 amide bonds. The van der Waals surface area contributed by atoms with E-state index in [1.165, 1.54) is 34.1 Å². The van der Waals surface area contributed by atoms with Crippen molar-refractivity contribution < 1.29 is 17.5 Å². The van der Waals surface area contributed by atoms with E-state index in [-0.39, 0.29) is 4.90 Å². The molecule has 2 aromatic heterocycles. The van der Waals surface area contributed by atoms with Gasteiger partial charge in [-0.3, -0.25) is 9.30 Å². The average Bonchev–Trinajstić information content (AvgIpc) is 3.47. The second-order valence-electron chi connectivity index (χ2n) is 8.93. The summed E-state index contributed by atoms with van der Waals surface area (Å²) in [7, 11) is -3.78. The van der Waals surface area contributed by atoms with Gasteiger partial charge in [-0.05, 0) is 31.2 Å². The Morgan fingerprint density at radius 1 is 1.06 bits per heavy atom. The van der Waals surface area contributed by atoms with Crippen LogP contribution in [0.3, 0.4) is 0 Å². The van der Waals surface area contributed by atoms with Gasteiger partial charge in [-0.25, -0.2) is 17.8 Å². The van der Waals surface area contributed by atoms with E-state index in [2.05, 4.69) is 36.1 Å². The Kier molecular flexibility index (Phi) is 7.49. The molecule has 1 aliphatic rings. The van der Waals surface area contributed by atoms with E-state index in [1.54, 1.807) is 11.3 Å². The van der Waals surface area contributed by atoms with Gasteiger partial charge in [0.05, 0.1) is 23.8 Å². The SMILES string of the molecule is Cc1ccc(-c2cn3c(CCN(CCN4CCOCC4)S(=O)(=O)c4ccc(F)cc4)csc3n2)cc1. The predicted octanol–water partition coefficient (Wildman–Crippen LogP) is 4.08. The molecule has 3 heterocycles. The summed E-state index contributed by atoms with van der Waals surface area (Å²) in [4.78, 5) is 7.95. The highest BCUT2D eigenvalue weighted by molar-refractivity contribution is 7.89. The van der Waals surface area contributed by atoms with Crippen LogP contribution in [0.1, 0.15) is 11.3 Å². The average molecular weight is 529 g/mol. The molecule has 0 bridgehead atoms. The Morgan fingerprint density at radius 2 is 1.78 bits per heavy atom. The number of hydrogen-bond donors (Lipinski definition) is 0. The van der Waals surface area contributed by atoms with E-state index < -0.39 is 15.8 Å². The first-order chi connectivity index (χ1) is 17.4. The first-order valence-corrected chi connectivity index (χ1v) is 14.3. The number of fused-ring (bicyclic) bond motifs is 1. The van der Waals surface area contributed by atoms with Crippen LogP contribution in [-0.2, 0) is 21.2 Å². The minimum atomic E-state index is -3.78. The van der Waals surface area contributed by atoms with Gasteiger partial charge < -0.3 is 4.74 Å². The fourth-order valence-electron chi connectivity index (χ4n) is 4.30. The molecule has 10 heteroatoms. The maximum Gasteiger partial charge on any atom is 0.243 e. The molecule has 0 aliphatic carbocycles. The van der Waals surface area contributed by atoms with Gasteiger partial charge in [0.15, 0.2) is 4.96 Å². The number of rotatable bonds is 9. The van der Waals surface area contributed by atoms with Crippen molar-refractivity contribution >= 4 is 26.3 Å². The summed E-state index contributed by atoms with van der Waals surface area (Å²) in [5.74, 6) is -0.459. The quantitative estimate of drug-likeness (QED) is 0.328. The number of benzene rings is 2. The number of halogens is 1. The van der Waals surface area contributed by atoms with Gasteiger partial charge in [0, 0.05) is 62.0 Å². The van der Waals surface area contributed by atoms with E-state index in [9.17, 15) is 12.8 Å². The summed E-state index contributed by atoms with van der Waals surface area (Å²) in [6.07, 6.45) is 2.55. The monoisotopic (exact) mass is 528 g/mol. The molecule has 36 heavy (non-hydrogen) atoms. The van der Waals surface area contributed by atoms with Gasteiger partial charge in [-0.1, -0.05) is 29.8 Å². The predicted molar refractivity (Wildman–Crippen MR) is 139 cm³/mol. The van der Waals surface area contributed by atoms with E-state index in [0.29, 0.717) is 39.3 Å². The number of thiazole rings is 1. The van der Waals surface area contributed by atoms with Gasteiger partial charge in [0.25, 0.3) is 0 Å². The van der Waals surface area contributed by atoms with Crippen molar-refractivity contribution in [2.75, 3.05) is 45.9 Å². The lowest BCUT2D eigenvalue weighted by Gasteiger charge is -2.29. The van der Waals surface area contributed by atoms with Gasteiger partial charge in [0.2, 0.25) is 10.0 Å². The van der Waals surface area contributed by atoms with Crippen molar-refractivity contribution in [2.45, 2.75) is 18.2 Å². The standard InChI is InChI=1S/C26H29FN4O3S2/c1-20-2-4-21(5-3-20)25-18-31-23(19-35-26(31)28-25)10-11-30(13-12-29-14-16-34-17-15-29)36(32,33)24-8-6-22(27)7-9-24/h2-9,18-19H,10-17H2,1H3. The largest absolute Gasteiger partial charge is 0.379 e. The lowest BCUT2D eigenvalue weighted by atomic mass is 10.1. The van der Waals surface area contributed by atoms with E-state index in [4.69, 9.17) is 9.72 Å². The maximum atomic E-state index is 13.5. The second kappa shape index (κ2) is 10.8. The molecule has 190 valence electrons. The van der Waals surface area contributed by atoms with Crippen LogP contribution in [0.4, 0.5) is 4.39 Å². The van der Waals surface area contributed by atoms with E-state index in [0.717, 1.165) is 35.0 Å². The second-order valence-corrected chi connectivity index (χ2v) is 11.7. The molecule has 5 rings (SSSR count). The highest BCUT2D eigenvalue weighted by Gasteiger charge is 2.26. The summed E-state index contributed by atoms with van der Waals surface area (Å²) in [5, 5.41) is 2.03. The van der Waals surface area contributed by atoms with Crippen LogP contribution >= 0.6 is 11.3 Å². The van der Waals surface area contributed by atoms with Gasteiger partial charge in [-0.2, -0.15) is 4.31 Å². The minimum Gasteiger partial charge on any atom is -0.379 e. The molecular weight excluding hydrogens is 499 g/mol. The Balaban J connectivity index is 1.36. The molecule has 1 saturated heterocycles. The molecule has 0 atom stereocenters. The molecule has 1 aliphatic heterocycles. The van der Waals surface area contributed by atoms with E-state index >= 15 is 0 Å². The fourth-order valence-corrected chi connectivity index (χ4v) is 6.64. The number of hydrogen-bond acceptors (Lipinski definition) is 6. The molecule has 2 aromatic carbocycles. The number of sulfonamides is 1. The normalized spacial score (nSPS) is 15.2.